The molecule has 118 valence electrons. The molecule has 1 aromatic rings. The number of carbonyl (C=O) groups is 2. The first kappa shape index (κ1) is 15.9. The monoisotopic (exact) mass is 314 g/mol. The molecular weight excluding hydrogens is 301 g/mol. The Bertz CT molecular complexity index is 636. The van der Waals surface area contributed by atoms with Crippen LogP contribution in [0.1, 0.15) is 24.1 Å². The number of ether oxygens (including phenoxy) is 1. The van der Waals surface area contributed by atoms with Gasteiger partial charge in [-0.15, -0.1) is 0 Å². The molecule has 2 rings (SSSR count). The standard InChI is InChI=1S/C14H13F3N2O3/c1-7-10(12(20)22-2)11(19-13(21)18-7)8-3-5-9(6-4-8)14(15,16)17/h3-6,11H,1-2H3,(H2,18,19,21)/t11-/m1/s1. The molecule has 0 spiro atoms. The maximum atomic E-state index is 12.6. The predicted octanol–water partition coefficient (Wildman–Crippen LogP) is 2.51. The molecule has 1 aliphatic heterocycles. The molecule has 22 heavy (non-hydrogen) atoms. The van der Waals surface area contributed by atoms with Crippen molar-refractivity contribution in [1.82, 2.24) is 10.6 Å². The molecule has 2 N–H and O–H groups in total. The van der Waals surface area contributed by atoms with Crippen molar-refractivity contribution in [2.45, 2.75) is 19.1 Å². The summed E-state index contributed by atoms with van der Waals surface area (Å²) >= 11 is 0. The predicted molar refractivity (Wildman–Crippen MR) is 70.6 cm³/mol. The summed E-state index contributed by atoms with van der Waals surface area (Å²) in [6.45, 7) is 1.52. The molecular formula is C14H13F3N2O3. The Morgan fingerprint density at radius 1 is 1.23 bits per heavy atom. The summed E-state index contributed by atoms with van der Waals surface area (Å²) in [6.07, 6.45) is -4.45. The lowest BCUT2D eigenvalue weighted by Crippen LogP contribution is -2.45. The average Bonchev–Trinajstić information content (AvgIpc) is 2.45. The topological polar surface area (TPSA) is 67.4 Å². The van der Waals surface area contributed by atoms with Crippen LogP contribution in [0.5, 0.6) is 0 Å². The van der Waals surface area contributed by atoms with Crippen LogP contribution in [0.25, 0.3) is 0 Å². The van der Waals surface area contributed by atoms with Gasteiger partial charge in [0.05, 0.1) is 24.3 Å². The molecule has 1 aliphatic rings. The van der Waals surface area contributed by atoms with Crippen LogP contribution >= 0.6 is 0 Å². The van der Waals surface area contributed by atoms with Crippen LogP contribution in [0.2, 0.25) is 0 Å². The van der Waals surface area contributed by atoms with Crippen LogP contribution in [-0.2, 0) is 15.7 Å². The third-order valence-electron chi connectivity index (χ3n) is 3.25. The van der Waals surface area contributed by atoms with E-state index in [1.54, 1.807) is 0 Å². The molecule has 0 bridgehead atoms. The zero-order valence-corrected chi connectivity index (χ0v) is 11.7. The second kappa shape index (κ2) is 5.70. The second-order valence-corrected chi connectivity index (χ2v) is 4.68. The van der Waals surface area contributed by atoms with Crippen molar-refractivity contribution in [3.63, 3.8) is 0 Å². The smallest absolute Gasteiger partial charge is 0.416 e. The number of carbonyl (C=O) groups excluding carboxylic acids is 2. The van der Waals surface area contributed by atoms with Crippen LogP contribution in [0.15, 0.2) is 35.5 Å². The number of halogens is 3. The Morgan fingerprint density at radius 2 is 1.82 bits per heavy atom. The van der Waals surface area contributed by atoms with Crippen molar-refractivity contribution in [3.05, 3.63) is 46.7 Å². The Labute approximate surface area is 124 Å². The third kappa shape index (κ3) is 3.05. The van der Waals surface area contributed by atoms with Gasteiger partial charge in [-0.2, -0.15) is 13.2 Å². The first-order valence-corrected chi connectivity index (χ1v) is 6.27. The van der Waals surface area contributed by atoms with Crippen LogP contribution in [0.3, 0.4) is 0 Å². The number of benzene rings is 1. The van der Waals surface area contributed by atoms with E-state index in [1.807, 2.05) is 0 Å². The minimum absolute atomic E-state index is 0.141. The SMILES string of the molecule is COC(=O)C1=C(C)NC(=O)N[C@@H]1c1ccc(C(F)(F)F)cc1. The normalized spacial score (nSPS) is 18.6. The summed E-state index contributed by atoms with van der Waals surface area (Å²) in [5, 5.41) is 4.93. The van der Waals surface area contributed by atoms with E-state index >= 15 is 0 Å². The van der Waals surface area contributed by atoms with E-state index in [2.05, 4.69) is 15.4 Å². The van der Waals surface area contributed by atoms with Crippen molar-refractivity contribution in [3.8, 4) is 0 Å². The summed E-state index contributed by atoms with van der Waals surface area (Å²) in [6, 6.07) is 2.81. The largest absolute Gasteiger partial charge is 0.466 e. The average molecular weight is 314 g/mol. The number of amides is 2. The highest BCUT2D eigenvalue weighted by atomic mass is 19.4. The molecule has 0 saturated carbocycles. The van der Waals surface area contributed by atoms with Gasteiger partial charge in [0, 0.05) is 5.70 Å². The Balaban J connectivity index is 2.42. The molecule has 0 fully saturated rings. The van der Waals surface area contributed by atoms with Crippen molar-refractivity contribution in [2.75, 3.05) is 7.11 Å². The van der Waals surface area contributed by atoms with Crippen molar-refractivity contribution >= 4 is 12.0 Å². The van der Waals surface area contributed by atoms with Crippen molar-refractivity contribution in [2.24, 2.45) is 0 Å². The van der Waals surface area contributed by atoms with E-state index in [0.717, 1.165) is 12.1 Å². The molecule has 2 amide bonds. The number of urea groups is 1. The Morgan fingerprint density at radius 3 is 2.32 bits per heavy atom. The maximum absolute atomic E-state index is 12.6. The molecule has 8 heteroatoms. The van der Waals surface area contributed by atoms with Gasteiger partial charge in [-0.1, -0.05) is 12.1 Å². The van der Waals surface area contributed by atoms with Crippen molar-refractivity contribution in [1.29, 1.82) is 0 Å². The van der Waals surface area contributed by atoms with Gasteiger partial charge in [0.2, 0.25) is 0 Å². The van der Waals surface area contributed by atoms with Gasteiger partial charge in [0.1, 0.15) is 0 Å². The zero-order valence-electron chi connectivity index (χ0n) is 11.7. The number of rotatable bonds is 2. The van der Waals surface area contributed by atoms with Gasteiger partial charge < -0.3 is 15.4 Å². The summed E-state index contributed by atoms with van der Waals surface area (Å²) in [4.78, 5) is 23.4. The van der Waals surface area contributed by atoms with E-state index in [9.17, 15) is 22.8 Å². The van der Waals surface area contributed by atoms with E-state index in [4.69, 9.17) is 0 Å². The molecule has 0 aliphatic carbocycles. The Kier molecular flexibility index (Phi) is 4.11. The van der Waals surface area contributed by atoms with Crippen LogP contribution in [0.4, 0.5) is 18.0 Å². The highest BCUT2D eigenvalue weighted by molar-refractivity contribution is 5.94. The van der Waals surface area contributed by atoms with Crippen LogP contribution in [-0.4, -0.2) is 19.1 Å². The van der Waals surface area contributed by atoms with Gasteiger partial charge in [0.15, 0.2) is 0 Å². The highest BCUT2D eigenvalue weighted by Gasteiger charge is 2.33. The summed E-state index contributed by atoms with van der Waals surface area (Å²) in [5.74, 6) is -0.671. The van der Waals surface area contributed by atoms with Gasteiger partial charge in [-0.25, -0.2) is 9.59 Å². The summed E-state index contributed by atoms with van der Waals surface area (Å²) in [7, 11) is 1.18. The van der Waals surface area contributed by atoms with E-state index in [0.29, 0.717) is 11.3 Å². The number of methoxy groups -OCH3 is 1. The lowest BCUT2D eigenvalue weighted by atomic mass is 9.95. The number of esters is 1. The summed E-state index contributed by atoms with van der Waals surface area (Å²) in [5.41, 5.74) is -0.0261. The lowest BCUT2D eigenvalue weighted by Gasteiger charge is -2.28. The van der Waals surface area contributed by atoms with Crippen LogP contribution in [0, 0.1) is 0 Å². The molecule has 0 unspecified atom stereocenters. The number of hydrogen-bond acceptors (Lipinski definition) is 3. The molecule has 1 atom stereocenters. The minimum atomic E-state index is -4.45. The molecule has 5 nitrogen and oxygen atoms in total. The van der Waals surface area contributed by atoms with Gasteiger partial charge in [-0.3, -0.25) is 0 Å². The lowest BCUT2D eigenvalue weighted by molar-refractivity contribution is -0.138. The summed E-state index contributed by atoms with van der Waals surface area (Å²) < 4.78 is 42.4. The molecule has 0 radical (unpaired) electrons. The fourth-order valence-corrected chi connectivity index (χ4v) is 2.19. The second-order valence-electron chi connectivity index (χ2n) is 4.68. The minimum Gasteiger partial charge on any atom is -0.466 e. The van der Waals surface area contributed by atoms with Gasteiger partial charge in [-0.05, 0) is 24.6 Å². The fourth-order valence-electron chi connectivity index (χ4n) is 2.19. The van der Waals surface area contributed by atoms with Gasteiger partial charge in [0.25, 0.3) is 0 Å². The van der Waals surface area contributed by atoms with E-state index in [-0.39, 0.29) is 5.57 Å². The highest BCUT2D eigenvalue weighted by Crippen LogP contribution is 2.32. The maximum Gasteiger partial charge on any atom is 0.416 e. The first-order valence-electron chi connectivity index (χ1n) is 6.27. The van der Waals surface area contributed by atoms with Gasteiger partial charge >= 0.3 is 18.2 Å². The Hall–Kier alpha value is -2.51. The number of nitrogens with one attached hydrogen (secondary N) is 2. The van der Waals surface area contributed by atoms with Crippen molar-refractivity contribution < 1.29 is 27.5 Å². The van der Waals surface area contributed by atoms with E-state index < -0.39 is 29.8 Å². The number of allylic oxidation sites excluding steroid dienone is 1. The quantitative estimate of drug-likeness (QED) is 0.824. The number of alkyl halides is 3. The third-order valence-corrected chi connectivity index (χ3v) is 3.25. The zero-order chi connectivity index (χ0) is 16.5. The molecule has 1 heterocycles. The number of hydrogen-bond donors (Lipinski definition) is 2. The molecule has 1 aromatic carbocycles. The van der Waals surface area contributed by atoms with Crippen LogP contribution < -0.4 is 10.6 Å². The fraction of sp³-hybridized carbons (Fsp3) is 0.286. The molecule has 0 aromatic heterocycles. The molecule has 0 saturated heterocycles. The van der Waals surface area contributed by atoms with E-state index in [1.165, 1.54) is 26.2 Å². The first-order chi connectivity index (χ1) is 10.2.